The summed E-state index contributed by atoms with van der Waals surface area (Å²) in [5.41, 5.74) is 4.74. The second kappa shape index (κ2) is 9.48. The molecule has 0 spiro atoms. The van der Waals surface area contributed by atoms with E-state index in [1.165, 1.54) is 6.08 Å². The first kappa shape index (κ1) is 22.4. The zero-order valence-electron chi connectivity index (χ0n) is 18.0. The summed E-state index contributed by atoms with van der Waals surface area (Å²) in [5.74, 6) is 1.51. The van der Waals surface area contributed by atoms with Crippen molar-refractivity contribution in [3.05, 3.63) is 98.8 Å². The van der Waals surface area contributed by atoms with Crippen molar-refractivity contribution in [2.24, 2.45) is 0 Å². The van der Waals surface area contributed by atoms with Crippen LogP contribution in [0, 0.1) is 10.5 Å². The van der Waals surface area contributed by atoms with E-state index >= 15 is 0 Å². The molecule has 2 aromatic heterocycles. The van der Waals surface area contributed by atoms with E-state index in [-0.39, 0.29) is 5.91 Å². The Morgan fingerprint density at radius 3 is 2.71 bits per heavy atom. The third-order valence-corrected chi connectivity index (χ3v) is 6.29. The fourth-order valence-electron chi connectivity index (χ4n) is 3.44. The molecule has 5 rings (SSSR count). The lowest BCUT2D eigenvalue weighted by molar-refractivity contribution is -0.111. The Bertz CT molecular complexity index is 1550. The van der Waals surface area contributed by atoms with E-state index in [1.807, 2.05) is 55.5 Å². The maximum atomic E-state index is 12.4. The molecular formula is C27H18ClIN2O3. The first-order valence-electron chi connectivity index (χ1n) is 10.5. The Hall–Kier alpha value is -3.36. The van der Waals surface area contributed by atoms with Gasteiger partial charge in [0, 0.05) is 31.5 Å². The van der Waals surface area contributed by atoms with Crippen LogP contribution >= 0.6 is 34.2 Å². The Morgan fingerprint density at radius 1 is 1.00 bits per heavy atom. The van der Waals surface area contributed by atoms with Gasteiger partial charge in [0.25, 0.3) is 0 Å². The molecule has 34 heavy (non-hydrogen) atoms. The molecular weight excluding hydrogens is 563 g/mol. The number of hydrogen-bond acceptors (Lipinski definition) is 4. The van der Waals surface area contributed by atoms with Crippen LogP contribution in [0.2, 0.25) is 5.02 Å². The molecule has 0 aliphatic heterocycles. The van der Waals surface area contributed by atoms with Gasteiger partial charge in [-0.15, -0.1) is 0 Å². The first-order valence-corrected chi connectivity index (χ1v) is 11.9. The molecule has 1 amide bonds. The van der Waals surface area contributed by atoms with Crippen molar-refractivity contribution in [2.75, 3.05) is 5.32 Å². The van der Waals surface area contributed by atoms with Gasteiger partial charge in [-0.1, -0.05) is 29.8 Å². The summed E-state index contributed by atoms with van der Waals surface area (Å²) in [6.45, 7) is 1.95. The summed E-state index contributed by atoms with van der Waals surface area (Å²) >= 11 is 8.46. The molecule has 0 aliphatic carbocycles. The number of rotatable bonds is 5. The number of fused-ring (bicyclic) bond motifs is 1. The lowest BCUT2D eigenvalue weighted by Gasteiger charge is -2.01. The maximum Gasteiger partial charge on any atom is 0.248 e. The fourth-order valence-corrected chi connectivity index (χ4v) is 4.16. The zero-order valence-corrected chi connectivity index (χ0v) is 20.9. The van der Waals surface area contributed by atoms with Crippen LogP contribution in [0.5, 0.6) is 0 Å². The van der Waals surface area contributed by atoms with Gasteiger partial charge in [-0.2, -0.15) is 0 Å². The van der Waals surface area contributed by atoms with Gasteiger partial charge in [0.2, 0.25) is 11.8 Å². The Morgan fingerprint density at radius 2 is 1.88 bits per heavy atom. The highest BCUT2D eigenvalue weighted by atomic mass is 127. The molecule has 1 N–H and O–H groups in total. The maximum absolute atomic E-state index is 12.4. The summed E-state index contributed by atoms with van der Waals surface area (Å²) in [6, 6.07) is 22.7. The highest BCUT2D eigenvalue weighted by molar-refractivity contribution is 14.1. The van der Waals surface area contributed by atoms with Crippen LogP contribution in [0.3, 0.4) is 0 Å². The largest absolute Gasteiger partial charge is 0.457 e. The van der Waals surface area contributed by atoms with Crippen molar-refractivity contribution < 1.29 is 13.6 Å². The van der Waals surface area contributed by atoms with E-state index < -0.39 is 0 Å². The molecule has 0 saturated heterocycles. The first-order chi connectivity index (χ1) is 16.4. The highest BCUT2D eigenvalue weighted by Gasteiger charge is 2.10. The van der Waals surface area contributed by atoms with Gasteiger partial charge in [-0.25, -0.2) is 4.98 Å². The number of benzene rings is 3. The van der Waals surface area contributed by atoms with Crippen molar-refractivity contribution in [3.8, 4) is 22.8 Å². The van der Waals surface area contributed by atoms with Crippen LogP contribution in [0.1, 0.15) is 11.3 Å². The molecule has 2 heterocycles. The molecule has 0 fully saturated rings. The summed E-state index contributed by atoms with van der Waals surface area (Å²) < 4.78 is 12.8. The van der Waals surface area contributed by atoms with Crippen LogP contribution in [0.15, 0.2) is 87.7 Å². The number of amides is 1. The minimum Gasteiger partial charge on any atom is -0.457 e. The number of aromatic nitrogens is 1. The number of halogens is 2. The van der Waals surface area contributed by atoms with Crippen molar-refractivity contribution in [2.45, 2.75) is 6.92 Å². The van der Waals surface area contributed by atoms with Gasteiger partial charge in [0.1, 0.15) is 17.0 Å². The highest BCUT2D eigenvalue weighted by Crippen LogP contribution is 2.28. The third-order valence-electron chi connectivity index (χ3n) is 5.21. The van der Waals surface area contributed by atoms with Crippen molar-refractivity contribution in [1.82, 2.24) is 4.98 Å². The molecule has 0 saturated carbocycles. The topological polar surface area (TPSA) is 68.3 Å². The van der Waals surface area contributed by atoms with E-state index in [9.17, 15) is 4.79 Å². The Balaban J connectivity index is 1.28. The molecule has 5 aromatic rings. The van der Waals surface area contributed by atoms with Crippen LogP contribution in [0.25, 0.3) is 40.0 Å². The summed E-state index contributed by atoms with van der Waals surface area (Å²) in [5, 5.41) is 3.53. The zero-order chi connectivity index (χ0) is 23.7. The second-order valence-electron chi connectivity index (χ2n) is 7.70. The minimum absolute atomic E-state index is 0.281. The Labute approximate surface area is 214 Å². The number of nitrogens with zero attached hydrogens (tertiary/aromatic N) is 1. The standard InChI is InChI=1S/C27H18ClIN2O3/c1-16-5-6-17(14-22(16)28)24-11-8-21(33-24)9-12-26(32)30-20-7-10-25-23(15-20)31-27(34-25)18-3-2-4-19(29)13-18/h2-15H,1H3,(H,30,32)/b12-9+. The van der Waals surface area contributed by atoms with Crippen molar-refractivity contribution in [1.29, 1.82) is 0 Å². The van der Waals surface area contributed by atoms with Crippen LogP contribution in [0.4, 0.5) is 5.69 Å². The molecule has 0 unspecified atom stereocenters. The van der Waals surface area contributed by atoms with Crippen LogP contribution < -0.4 is 5.32 Å². The van der Waals surface area contributed by atoms with Gasteiger partial charge >= 0.3 is 0 Å². The number of hydrogen-bond donors (Lipinski definition) is 1. The average molecular weight is 581 g/mol. The molecule has 7 heteroatoms. The number of carbonyl (C=O) groups excluding carboxylic acids is 1. The number of furan rings is 1. The van der Waals surface area contributed by atoms with Crippen molar-refractivity contribution >= 4 is 63.0 Å². The van der Waals surface area contributed by atoms with Gasteiger partial charge < -0.3 is 14.2 Å². The average Bonchev–Trinajstić information content (AvgIpc) is 3.46. The van der Waals surface area contributed by atoms with E-state index in [1.54, 1.807) is 30.3 Å². The van der Waals surface area contributed by atoms with Gasteiger partial charge in [-0.3, -0.25) is 4.79 Å². The predicted molar refractivity (Wildman–Crippen MR) is 144 cm³/mol. The minimum atomic E-state index is -0.281. The quantitative estimate of drug-likeness (QED) is 0.169. The molecule has 0 radical (unpaired) electrons. The Kier molecular flexibility index (Phi) is 6.26. The van der Waals surface area contributed by atoms with Crippen molar-refractivity contribution in [3.63, 3.8) is 0 Å². The van der Waals surface area contributed by atoms with E-state index in [4.69, 9.17) is 20.4 Å². The van der Waals surface area contributed by atoms with Gasteiger partial charge in [0.05, 0.1) is 0 Å². The summed E-state index contributed by atoms with van der Waals surface area (Å²) in [6.07, 6.45) is 3.05. The molecule has 5 nitrogen and oxygen atoms in total. The number of anilines is 1. The predicted octanol–water partition coefficient (Wildman–Crippen LogP) is 7.97. The fraction of sp³-hybridized carbons (Fsp3) is 0.0370. The number of aryl methyl sites for hydroxylation is 1. The molecule has 0 atom stereocenters. The van der Waals surface area contributed by atoms with E-state index in [0.717, 1.165) is 20.3 Å². The van der Waals surface area contributed by atoms with Crippen LogP contribution in [-0.2, 0) is 4.79 Å². The molecule has 0 aliphatic rings. The number of oxazole rings is 1. The lowest BCUT2D eigenvalue weighted by Crippen LogP contribution is -2.07. The van der Waals surface area contributed by atoms with Gasteiger partial charge in [-0.05, 0) is 95.8 Å². The lowest BCUT2D eigenvalue weighted by atomic mass is 10.1. The second-order valence-corrected chi connectivity index (χ2v) is 9.35. The van der Waals surface area contributed by atoms with E-state index in [2.05, 4.69) is 32.9 Å². The smallest absolute Gasteiger partial charge is 0.248 e. The number of nitrogens with one attached hydrogen (secondary N) is 1. The molecule has 168 valence electrons. The molecule has 3 aromatic carbocycles. The monoisotopic (exact) mass is 580 g/mol. The van der Waals surface area contributed by atoms with E-state index in [0.29, 0.717) is 39.2 Å². The normalized spacial score (nSPS) is 11.4. The SMILES string of the molecule is Cc1ccc(-c2ccc(/C=C/C(=O)Nc3ccc4oc(-c5cccc(I)c5)nc4c3)o2)cc1Cl. The summed E-state index contributed by atoms with van der Waals surface area (Å²) in [4.78, 5) is 17.0. The molecule has 0 bridgehead atoms. The van der Waals surface area contributed by atoms with Gasteiger partial charge in [0.15, 0.2) is 5.58 Å². The number of carbonyl (C=O) groups is 1. The van der Waals surface area contributed by atoms with Crippen LogP contribution in [-0.4, -0.2) is 10.9 Å². The third kappa shape index (κ3) is 4.93. The summed E-state index contributed by atoms with van der Waals surface area (Å²) in [7, 11) is 0.